The number of sulfone groups is 1. The number of aromatic nitrogens is 2. The van der Waals surface area contributed by atoms with Gasteiger partial charge in [-0.1, -0.05) is 13.8 Å². The maximum absolute atomic E-state index is 12.7. The van der Waals surface area contributed by atoms with E-state index in [4.69, 9.17) is 0 Å². The van der Waals surface area contributed by atoms with Crippen LogP contribution in [0.2, 0.25) is 0 Å². The number of carbonyl (C=O) groups is 2. The molecule has 1 aromatic heterocycles. The standard InChI is InChI=1S/C15H20N4O5S/c1-9(2)14(21)18-3-4-19(12-8-25(23,24)7-11(12)18)15(22)10-5-17-13(20)6-16-10/h5-6,9,11-12H,3-4,7-8H2,1-2H3,(H,17,20)/t11-,12+/m1/s1. The van der Waals surface area contributed by atoms with Crippen LogP contribution in [-0.4, -0.2) is 76.7 Å². The van der Waals surface area contributed by atoms with Gasteiger partial charge in [0.25, 0.3) is 11.5 Å². The largest absolute Gasteiger partial charge is 0.335 e. The molecule has 3 heterocycles. The number of nitrogens with zero attached hydrogens (tertiary/aromatic N) is 3. The van der Waals surface area contributed by atoms with Crippen LogP contribution < -0.4 is 5.56 Å². The van der Waals surface area contributed by atoms with Crippen molar-refractivity contribution < 1.29 is 18.0 Å². The topological polar surface area (TPSA) is 121 Å². The molecule has 1 N–H and O–H groups in total. The van der Waals surface area contributed by atoms with E-state index in [1.54, 1.807) is 18.7 Å². The molecule has 0 saturated carbocycles. The molecular formula is C15H20N4O5S. The predicted octanol–water partition coefficient (Wildman–Crippen LogP) is -1.12. The first kappa shape index (κ1) is 17.6. The zero-order valence-corrected chi connectivity index (χ0v) is 14.8. The van der Waals surface area contributed by atoms with E-state index in [-0.39, 0.29) is 42.1 Å². The van der Waals surface area contributed by atoms with Gasteiger partial charge in [0.05, 0.1) is 29.8 Å². The van der Waals surface area contributed by atoms with Crippen molar-refractivity contribution in [2.24, 2.45) is 5.92 Å². The molecule has 0 bridgehead atoms. The lowest BCUT2D eigenvalue weighted by Crippen LogP contribution is -2.62. The normalized spacial score (nSPS) is 25.1. The molecule has 3 rings (SSSR count). The van der Waals surface area contributed by atoms with Gasteiger partial charge in [-0.25, -0.2) is 13.4 Å². The van der Waals surface area contributed by atoms with Crippen LogP contribution in [0.4, 0.5) is 0 Å². The lowest BCUT2D eigenvalue weighted by atomic mass is 10.0. The summed E-state index contributed by atoms with van der Waals surface area (Å²) in [5.41, 5.74) is -0.378. The molecule has 10 heteroatoms. The minimum atomic E-state index is -3.34. The summed E-state index contributed by atoms with van der Waals surface area (Å²) in [5, 5.41) is 0. The van der Waals surface area contributed by atoms with Crippen molar-refractivity contribution in [1.29, 1.82) is 0 Å². The monoisotopic (exact) mass is 368 g/mol. The van der Waals surface area contributed by atoms with E-state index in [2.05, 4.69) is 9.97 Å². The predicted molar refractivity (Wildman–Crippen MR) is 88.7 cm³/mol. The average Bonchev–Trinajstić information content (AvgIpc) is 2.88. The number of nitrogens with one attached hydrogen (secondary N) is 1. The van der Waals surface area contributed by atoms with E-state index in [1.807, 2.05) is 0 Å². The van der Waals surface area contributed by atoms with Crippen LogP contribution >= 0.6 is 0 Å². The van der Waals surface area contributed by atoms with Crippen molar-refractivity contribution >= 4 is 21.7 Å². The molecule has 2 atom stereocenters. The fourth-order valence-electron chi connectivity index (χ4n) is 3.42. The highest BCUT2D eigenvalue weighted by Gasteiger charge is 2.49. The van der Waals surface area contributed by atoms with Gasteiger partial charge < -0.3 is 14.8 Å². The molecule has 2 fully saturated rings. The minimum Gasteiger partial charge on any atom is -0.335 e. The first-order chi connectivity index (χ1) is 11.7. The van der Waals surface area contributed by atoms with E-state index >= 15 is 0 Å². The maximum atomic E-state index is 12.7. The lowest BCUT2D eigenvalue weighted by molar-refractivity contribution is -0.139. The lowest BCUT2D eigenvalue weighted by Gasteiger charge is -2.44. The molecular weight excluding hydrogens is 348 g/mol. The van der Waals surface area contributed by atoms with E-state index in [9.17, 15) is 22.8 Å². The zero-order valence-electron chi connectivity index (χ0n) is 14.0. The smallest absolute Gasteiger partial charge is 0.274 e. The molecule has 0 aliphatic carbocycles. The molecule has 2 aliphatic rings. The first-order valence-corrected chi connectivity index (χ1v) is 9.88. The third-order valence-electron chi connectivity index (χ3n) is 4.61. The molecule has 136 valence electrons. The van der Waals surface area contributed by atoms with Crippen LogP contribution in [0.15, 0.2) is 17.2 Å². The summed E-state index contributed by atoms with van der Waals surface area (Å²) < 4.78 is 24.3. The molecule has 2 saturated heterocycles. The Kier molecular flexibility index (Phi) is 4.40. The molecule has 0 radical (unpaired) electrons. The summed E-state index contributed by atoms with van der Waals surface area (Å²) in [6, 6.07) is -1.14. The van der Waals surface area contributed by atoms with Crippen LogP contribution in [0.25, 0.3) is 0 Å². The number of amides is 2. The second-order valence-electron chi connectivity index (χ2n) is 6.69. The molecule has 2 aliphatic heterocycles. The molecule has 0 aromatic carbocycles. The number of hydrogen-bond donors (Lipinski definition) is 1. The van der Waals surface area contributed by atoms with Gasteiger partial charge in [0.1, 0.15) is 5.69 Å². The highest BCUT2D eigenvalue weighted by Crippen LogP contribution is 2.28. The summed E-state index contributed by atoms with van der Waals surface area (Å²) in [6.07, 6.45) is 2.23. The number of hydrogen-bond acceptors (Lipinski definition) is 6. The quantitative estimate of drug-likeness (QED) is 0.706. The summed E-state index contributed by atoms with van der Waals surface area (Å²) >= 11 is 0. The SMILES string of the molecule is CC(C)C(=O)N1CCN(C(=O)c2c[nH]c(=O)cn2)[C@H]2CS(=O)(=O)C[C@H]21. The summed E-state index contributed by atoms with van der Waals surface area (Å²) in [4.78, 5) is 45.5. The van der Waals surface area contributed by atoms with Crippen molar-refractivity contribution in [1.82, 2.24) is 19.8 Å². The van der Waals surface area contributed by atoms with Gasteiger partial charge in [-0.05, 0) is 0 Å². The van der Waals surface area contributed by atoms with E-state index in [0.717, 1.165) is 6.20 Å². The van der Waals surface area contributed by atoms with E-state index in [0.29, 0.717) is 0 Å². The van der Waals surface area contributed by atoms with Crippen molar-refractivity contribution in [2.75, 3.05) is 24.6 Å². The molecule has 0 unspecified atom stereocenters. The third-order valence-corrected chi connectivity index (χ3v) is 6.30. The van der Waals surface area contributed by atoms with Gasteiger partial charge in [0.2, 0.25) is 5.91 Å². The summed E-state index contributed by atoms with van der Waals surface area (Å²) in [6.45, 7) is 4.04. The fraction of sp³-hybridized carbons (Fsp3) is 0.600. The molecule has 2 amide bonds. The zero-order chi connectivity index (χ0) is 18.4. The van der Waals surface area contributed by atoms with E-state index in [1.165, 1.54) is 11.1 Å². The Hall–Kier alpha value is -2.23. The van der Waals surface area contributed by atoms with Crippen LogP contribution in [0, 0.1) is 5.92 Å². The Bertz CT molecular complexity index is 842. The second-order valence-corrected chi connectivity index (χ2v) is 8.85. The fourth-order valence-corrected chi connectivity index (χ4v) is 5.40. The number of fused-ring (bicyclic) bond motifs is 1. The Morgan fingerprint density at radius 1 is 1.20 bits per heavy atom. The Morgan fingerprint density at radius 3 is 2.36 bits per heavy atom. The Morgan fingerprint density at radius 2 is 1.80 bits per heavy atom. The molecule has 25 heavy (non-hydrogen) atoms. The first-order valence-electron chi connectivity index (χ1n) is 8.06. The van der Waals surface area contributed by atoms with E-state index < -0.39 is 33.4 Å². The minimum absolute atomic E-state index is 0.0475. The van der Waals surface area contributed by atoms with Gasteiger partial charge in [-0.3, -0.25) is 14.4 Å². The highest BCUT2D eigenvalue weighted by atomic mass is 32.2. The third kappa shape index (κ3) is 3.30. The van der Waals surface area contributed by atoms with Crippen LogP contribution in [0.1, 0.15) is 24.3 Å². The maximum Gasteiger partial charge on any atom is 0.274 e. The van der Waals surface area contributed by atoms with Crippen molar-refractivity contribution in [3.8, 4) is 0 Å². The number of rotatable bonds is 2. The van der Waals surface area contributed by atoms with Crippen LogP contribution in [-0.2, 0) is 14.6 Å². The van der Waals surface area contributed by atoms with Crippen molar-refractivity contribution in [2.45, 2.75) is 25.9 Å². The number of H-pyrrole nitrogens is 1. The molecule has 1 aromatic rings. The van der Waals surface area contributed by atoms with Gasteiger partial charge in [0, 0.05) is 25.2 Å². The molecule has 9 nitrogen and oxygen atoms in total. The molecule has 0 spiro atoms. The Labute approximate surface area is 145 Å². The Balaban J connectivity index is 1.90. The van der Waals surface area contributed by atoms with Gasteiger partial charge >= 0.3 is 0 Å². The van der Waals surface area contributed by atoms with Gasteiger partial charge in [0.15, 0.2) is 9.84 Å². The van der Waals surface area contributed by atoms with Crippen molar-refractivity contribution in [3.63, 3.8) is 0 Å². The van der Waals surface area contributed by atoms with Crippen LogP contribution in [0.3, 0.4) is 0 Å². The van der Waals surface area contributed by atoms with Crippen LogP contribution in [0.5, 0.6) is 0 Å². The van der Waals surface area contributed by atoms with Gasteiger partial charge in [-0.2, -0.15) is 0 Å². The summed E-state index contributed by atoms with van der Waals surface area (Å²) in [5.74, 6) is -1.11. The summed E-state index contributed by atoms with van der Waals surface area (Å²) in [7, 11) is -3.34. The highest BCUT2D eigenvalue weighted by molar-refractivity contribution is 7.91. The van der Waals surface area contributed by atoms with Crippen molar-refractivity contribution in [3.05, 3.63) is 28.4 Å². The average molecular weight is 368 g/mol. The number of carbonyl (C=O) groups excluding carboxylic acids is 2. The number of aromatic amines is 1. The number of piperazine rings is 1. The second kappa shape index (κ2) is 6.25. The van der Waals surface area contributed by atoms with Gasteiger partial charge in [-0.15, -0.1) is 0 Å².